The summed E-state index contributed by atoms with van der Waals surface area (Å²) in [7, 11) is 0. The van der Waals surface area contributed by atoms with E-state index in [0.717, 1.165) is 11.1 Å². The Balaban J connectivity index is 0.00000210. The molecule has 0 saturated heterocycles. The molecule has 0 fully saturated rings. The minimum atomic E-state index is -2.54. The molecule has 0 saturated carbocycles. The molecule has 0 radical (unpaired) electrons. The van der Waals surface area contributed by atoms with E-state index in [2.05, 4.69) is 76.7 Å². The Hall–Kier alpha value is -1.84. The first-order chi connectivity index (χ1) is 17.8. The van der Waals surface area contributed by atoms with Gasteiger partial charge < -0.3 is 24.8 Å². The van der Waals surface area contributed by atoms with Crippen molar-refractivity contribution in [3.8, 4) is 0 Å². The van der Waals surface area contributed by atoms with Crippen molar-refractivity contribution in [3.63, 3.8) is 0 Å². The van der Waals surface area contributed by atoms with Gasteiger partial charge in [-0.1, -0.05) is 0 Å². The maximum absolute atomic E-state index is 14.9. The second-order valence-corrected chi connectivity index (χ2v) is 24.9. The molecule has 0 aromatic heterocycles. The Morgan fingerprint density at radius 2 is 1.00 bits per heavy atom. The molecule has 0 amide bonds. The molecule has 3 aromatic rings. The fourth-order valence-corrected chi connectivity index (χ4v) is 27.9. The quantitative estimate of drug-likeness (QED) is 0.371. The average molecular weight is 657 g/mol. The molecular weight excluding hydrogens is 625 g/mol. The van der Waals surface area contributed by atoms with Crippen molar-refractivity contribution in [2.24, 2.45) is 11.8 Å². The minimum absolute atomic E-state index is 0. The summed E-state index contributed by atoms with van der Waals surface area (Å²) in [5.41, 5.74) is 5.12. The van der Waals surface area contributed by atoms with E-state index in [1.165, 1.54) is 16.3 Å². The molecule has 39 heavy (non-hydrogen) atoms. The van der Waals surface area contributed by atoms with Crippen LogP contribution in [0.4, 0.5) is 8.78 Å². The summed E-state index contributed by atoms with van der Waals surface area (Å²) in [5.74, 6) is 0.227. The smallest absolute Gasteiger partial charge is 1.00 e. The molecule has 0 N–H and O–H groups in total. The minimum Gasteiger partial charge on any atom is -1.00 e. The normalized spacial score (nSPS) is 18.1. The van der Waals surface area contributed by atoms with E-state index < -0.39 is 25.8 Å². The van der Waals surface area contributed by atoms with Gasteiger partial charge in [0.1, 0.15) is 0 Å². The van der Waals surface area contributed by atoms with Gasteiger partial charge in [-0.25, -0.2) is 0 Å². The van der Waals surface area contributed by atoms with Crippen LogP contribution in [0.25, 0.3) is 11.1 Å². The number of hydrogen-bond donors (Lipinski definition) is 0. The van der Waals surface area contributed by atoms with E-state index in [1.54, 1.807) is 30.8 Å². The molecule has 0 bridgehead atoms. The molecule has 6 heteroatoms. The van der Waals surface area contributed by atoms with Gasteiger partial charge in [-0.2, -0.15) is 0 Å². The van der Waals surface area contributed by atoms with E-state index in [1.807, 2.05) is 24.3 Å². The van der Waals surface area contributed by atoms with Crippen LogP contribution >= 0.6 is 0 Å². The fraction of sp³-hybridized carbons (Fsp3) is 0.212. The van der Waals surface area contributed by atoms with E-state index in [9.17, 15) is 8.78 Å². The van der Waals surface area contributed by atoms with Crippen LogP contribution in [0.2, 0.25) is 6.55 Å². The third kappa shape index (κ3) is 5.96. The largest absolute Gasteiger partial charge is 1.00 e. The van der Waals surface area contributed by atoms with Gasteiger partial charge in [0.15, 0.2) is 0 Å². The van der Waals surface area contributed by atoms with Crippen LogP contribution in [0.15, 0.2) is 109 Å². The SMILES string of the molecule is CC1=[C]([Zr+2]([C]2=C(C)C(c3ccccc3F)=CC2C)=[Si](C)c2ccccc2)C(C)C=C1c1ccccc1F.[Cl-].[Cl-]. The molecule has 2 aliphatic carbocycles. The number of allylic oxidation sites excluding steroid dienone is 8. The monoisotopic (exact) mass is 654 g/mol. The van der Waals surface area contributed by atoms with Crippen LogP contribution in [0, 0.1) is 23.5 Å². The van der Waals surface area contributed by atoms with Gasteiger partial charge in [-0.3, -0.25) is 0 Å². The molecule has 0 spiro atoms. The second kappa shape index (κ2) is 13.2. The van der Waals surface area contributed by atoms with Crippen molar-refractivity contribution < 1.29 is 54.0 Å². The summed E-state index contributed by atoms with van der Waals surface area (Å²) in [5, 5.41) is 1.46. The maximum Gasteiger partial charge on any atom is -1.00 e. The predicted molar refractivity (Wildman–Crippen MR) is 150 cm³/mol. The molecule has 0 nitrogen and oxygen atoms in total. The van der Waals surface area contributed by atoms with Crippen LogP contribution in [-0.4, -0.2) is 5.43 Å². The van der Waals surface area contributed by atoms with Crippen LogP contribution in [-0.2, 0) is 20.4 Å². The first-order valence-electron chi connectivity index (χ1n) is 12.9. The molecule has 0 aliphatic heterocycles. The predicted octanol–water partition coefficient (Wildman–Crippen LogP) is 2.43. The molecule has 2 atom stereocenters. The summed E-state index contributed by atoms with van der Waals surface area (Å²) >= 11 is -2.54. The molecule has 2 aliphatic rings. The Morgan fingerprint density at radius 3 is 1.41 bits per heavy atom. The van der Waals surface area contributed by atoms with E-state index in [0.29, 0.717) is 11.1 Å². The standard InChI is InChI=1S/2C13H12F.C7H8Si.2ClH.Zr/c2*1-9-7-10(2)12(8-9)11-5-3-4-6-13(11)14;1-8-7-5-3-2-4-6-7;;;/h2*3-6,8-9H,1-2H3;2-6H,1H3;2*1H;/q;;;;;+2/p-2. The molecule has 200 valence electrons. The Labute approximate surface area is 251 Å². The van der Waals surface area contributed by atoms with Crippen LogP contribution < -0.4 is 30.0 Å². The van der Waals surface area contributed by atoms with Crippen molar-refractivity contribution in [1.82, 2.24) is 0 Å². The summed E-state index contributed by atoms with van der Waals surface area (Å²) in [6, 6.07) is 25.2. The van der Waals surface area contributed by atoms with Crippen molar-refractivity contribution in [3.05, 3.63) is 131 Å². The number of rotatable bonds is 5. The Bertz CT molecular complexity index is 1460. The van der Waals surface area contributed by atoms with E-state index in [4.69, 9.17) is 0 Å². The van der Waals surface area contributed by atoms with Gasteiger partial charge in [0, 0.05) is 0 Å². The molecule has 3 aromatic carbocycles. The Kier molecular flexibility index (Phi) is 10.7. The number of benzene rings is 3. The van der Waals surface area contributed by atoms with E-state index >= 15 is 0 Å². The topological polar surface area (TPSA) is 0 Å². The maximum atomic E-state index is 14.9. The molecule has 0 heterocycles. The molecule has 5 rings (SSSR count). The fourth-order valence-electron chi connectivity index (χ4n) is 6.04. The summed E-state index contributed by atoms with van der Waals surface area (Å²) in [6.07, 6.45) is 4.56. The van der Waals surface area contributed by atoms with Crippen LogP contribution in [0.1, 0.15) is 38.8 Å². The average Bonchev–Trinajstić information content (AvgIpc) is 3.35. The summed E-state index contributed by atoms with van der Waals surface area (Å²) in [6.45, 7) is 11.5. The van der Waals surface area contributed by atoms with Gasteiger partial charge >= 0.3 is 228 Å². The summed E-state index contributed by atoms with van der Waals surface area (Å²) < 4.78 is 33.0. The zero-order valence-corrected chi connectivity index (χ0v) is 27.8. The van der Waals surface area contributed by atoms with Crippen LogP contribution in [0.5, 0.6) is 0 Å². The van der Waals surface area contributed by atoms with Crippen LogP contribution in [0.3, 0.4) is 0 Å². The third-order valence-corrected chi connectivity index (χ3v) is 27.3. The Morgan fingerprint density at radius 1 is 0.615 bits per heavy atom. The van der Waals surface area contributed by atoms with E-state index in [-0.39, 0.29) is 48.3 Å². The van der Waals surface area contributed by atoms with Gasteiger partial charge in [-0.15, -0.1) is 0 Å². The molecule has 2 unspecified atom stereocenters. The number of halogens is 4. The second-order valence-electron chi connectivity index (χ2n) is 10.1. The first-order valence-corrected chi connectivity index (χ1v) is 21.1. The van der Waals surface area contributed by atoms with Gasteiger partial charge in [0.05, 0.1) is 0 Å². The molecular formula is C33H32Cl2F2SiZr. The zero-order chi connectivity index (χ0) is 26.3. The van der Waals surface area contributed by atoms with Crippen molar-refractivity contribution in [1.29, 1.82) is 0 Å². The van der Waals surface area contributed by atoms with Gasteiger partial charge in [0.25, 0.3) is 0 Å². The van der Waals surface area contributed by atoms with Gasteiger partial charge in [-0.05, 0) is 0 Å². The summed E-state index contributed by atoms with van der Waals surface area (Å²) in [4.78, 5) is 0. The van der Waals surface area contributed by atoms with Crippen molar-refractivity contribution >= 4 is 21.8 Å². The third-order valence-electron chi connectivity index (χ3n) is 7.81. The van der Waals surface area contributed by atoms with Crippen molar-refractivity contribution in [2.75, 3.05) is 0 Å². The zero-order valence-electron chi connectivity index (χ0n) is 22.8. The van der Waals surface area contributed by atoms with Gasteiger partial charge in [0.2, 0.25) is 0 Å². The number of hydrogen-bond acceptors (Lipinski definition) is 0. The van der Waals surface area contributed by atoms with Crippen molar-refractivity contribution in [2.45, 2.75) is 34.2 Å². The first kappa shape index (κ1) is 31.7.